The van der Waals surface area contributed by atoms with E-state index in [-0.39, 0.29) is 11.9 Å². The highest BCUT2D eigenvalue weighted by atomic mass is 79.9. The lowest BCUT2D eigenvalue weighted by Crippen LogP contribution is -2.24. The number of aromatic nitrogens is 1. The van der Waals surface area contributed by atoms with Crippen molar-refractivity contribution >= 4 is 15.9 Å². The summed E-state index contributed by atoms with van der Waals surface area (Å²) in [4.78, 5) is 4.07. The molecule has 0 saturated carbocycles. The maximum absolute atomic E-state index is 13.6. The Bertz CT molecular complexity index is 531. The average molecular weight is 323 g/mol. The van der Waals surface area contributed by atoms with Crippen LogP contribution in [0.4, 0.5) is 4.39 Å². The highest BCUT2D eigenvalue weighted by Crippen LogP contribution is 2.17. The number of rotatable bonds is 5. The number of halogens is 2. The van der Waals surface area contributed by atoms with Crippen LogP contribution < -0.4 is 5.73 Å². The van der Waals surface area contributed by atoms with Crippen molar-refractivity contribution in [2.75, 3.05) is 0 Å². The van der Waals surface area contributed by atoms with Crippen LogP contribution in [0.5, 0.6) is 0 Å². The van der Waals surface area contributed by atoms with Crippen LogP contribution in [0, 0.1) is 5.82 Å². The fraction of sp³-hybridized carbons (Fsp3) is 0.267. The molecule has 0 spiro atoms. The topological polar surface area (TPSA) is 38.9 Å². The first-order valence-electron chi connectivity index (χ1n) is 6.23. The van der Waals surface area contributed by atoms with Crippen LogP contribution in [0.1, 0.15) is 17.5 Å². The summed E-state index contributed by atoms with van der Waals surface area (Å²) in [6.45, 7) is 0. The summed E-state index contributed by atoms with van der Waals surface area (Å²) in [6, 6.07) is 8.84. The molecule has 2 aromatic rings. The van der Waals surface area contributed by atoms with Gasteiger partial charge in [-0.2, -0.15) is 0 Å². The second-order valence-electron chi connectivity index (χ2n) is 4.60. The zero-order chi connectivity index (χ0) is 13.7. The minimum absolute atomic E-state index is 0.0518. The first kappa shape index (κ1) is 14.2. The molecular weight excluding hydrogens is 307 g/mol. The minimum atomic E-state index is -0.194. The van der Waals surface area contributed by atoms with E-state index >= 15 is 0 Å². The van der Waals surface area contributed by atoms with Gasteiger partial charge in [-0.15, -0.1) is 0 Å². The predicted molar refractivity (Wildman–Crippen MR) is 78.3 cm³/mol. The molecule has 2 nitrogen and oxygen atoms in total. The molecule has 4 heteroatoms. The van der Waals surface area contributed by atoms with Crippen molar-refractivity contribution < 1.29 is 4.39 Å². The molecule has 1 aromatic carbocycles. The van der Waals surface area contributed by atoms with Gasteiger partial charge in [-0.1, -0.05) is 22.0 Å². The maximum atomic E-state index is 13.6. The van der Waals surface area contributed by atoms with Crippen molar-refractivity contribution in [3.8, 4) is 0 Å². The Morgan fingerprint density at radius 2 is 2.16 bits per heavy atom. The van der Waals surface area contributed by atoms with Gasteiger partial charge in [0.25, 0.3) is 0 Å². The molecule has 0 aliphatic carbocycles. The molecule has 2 rings (SSSR count). The van der Waals surface area contributed by atoms with Crippen molar-refractivity contribution in [3.05, 3.63) is 64.1 Å². The monoisotopic (exact) mass is 322 g/mol. The summed E-state index contributed by atoms with van der Waals surface area (Å²) in [5.74, 6) is -0.194. The van der Waals surface area contributed by atoms with Crippen LogP contribution in [0.3, 0.4) is 0 Å². The first-order chi connectivity index (χ1) is 9.15. The van der Waals surface area contributed by atoms with Crippen LogP contribution in [-0.2, 0) is 12.8 Å². The molecule has 0 saturated heterocycles. The minimum Gasteiger partial charge on any atom is -0.327 e. The first-order valence-corrected chi connectivity index (χ1v) is 7.03. The van der Waals surface area contributed by atoms with Crippen molar-refractivity contribution in [2.24, 2.45) is 5.73 Å². The molecule has 0 aliphatic rings. The van der Waals surface area contributed by atoms with E-state index in [9.17, 15) is 4.39 Å². The van der Waals surface area contributed by atoms with E-state index in [2.05, 4.69) is 20.9 Å². The summed E-state index contributed by atoms with van der Waals surface area (Å²) >= 11 is 3.35. The quantitative estimate of drug-likeness (QED) is 0.915. The van der Waals surface area contributed by atoms with E-state index in [1.807, 2.05) is 18.3 Å². The average Bonchev–Trinajstić information content (AvgIpc) is 2.42. The van der Waals surface area contributed by atoms with Crippen LogP contribution in [0.15, 0.2) is 47.2 Å². The number of aryl methyl sites for hydroxylation is 1. The highest BCUT2D eigenvalue weighted by molar-refractivity contribution is 9.10. The molecule has 0 fully saturated rings. The van der Waals surface area contributed by atoms with Crippen LogP contribution >= 0.6 is 15.9 Å². The molecular formula is C15H16BrFN2. The van der Waals surface area contributed by atoms with Gasteiger partial charge in [-0.05, 0) is 54.7 Å². The van der Waals surface area contributed by atoms with Crippen LogP contribution in [-0.4, -0.2) is 11.0 Å². The smallest absolute Gasteiger partial charge is 0.126 e. The van der Waals surface area contributed by atoms with Gasteiger partial charge < -0.3 is 5.73 Å². The Kier molecular flexibility index (Phi) is 5.05. The van der Waals surface area contributed by atoms with Gasteiger partial charge in [0, 0.05) is 22.9 Å². The summed E-state index contributed by atoms with van der Waals surface area (Å²) in [5.41, 5.74) is 7.89. The van der Waals surface area contributed by atoms with Gasteiger partial charge in [-0.25, -0.2) is 4.39 Å². The molecule has 1 atom stereocenters. The number of nitrogens with zero attached hydrogens (tertiary/aromatic N) is 1. The zero-order valence-corrected chi connectivity index (χ0v) is 12.1. The second-order valence-corrected chi connectivity index (χ2v) is 5.52. The fourth-order valence-corrected chi connectivity index (χ4v) is 2.39. The number of benzene rings is 1. The van der Waals surface area contributed by atoms with Gasteiger partial charge in [-0.3, -0.25) is 4.98 Å². The molecule has 1 unspecified atom stereocenters. The normalized spacial score (nSPS) is 12.4. The number of hydrogen-bond acceptors (Lipinski definition) is 2. The lowest BCUT2D eigenvalue weighted by Gasteiger charge is -2.12. The molecule has 0 aliphatic heterocycles. The summed E-state index contributed by atoms with van der Waals surface area (Å²) in [6.07, 6.45) is 5.82. The Labute approximate surface area is 121 Å². The van der Waals surface area contributed by atoms with Crippen molar-refractivity contribution in [3.63, 3.8) is 0 Å². The van der Waals surface area contributed by atoms with E-state index in [1.165, 1.54) is 6.07 Å². The van der Waals surface area contributed by atoms with Gasteiger partial charge in [0.1, 0.15) is 5.82 Å². The second kappa shape index (κ2) is 6.78. The number of pyridine rings is 1. The van der Waals surface area contributed by atoms with Crippen molar-refractivity contribution in [1.29, 1.82) is 0 Å². The van der Waals surface area contributed by atoms with Crippen LogP contribution in [0.2, 0.25) is 0 Å². The third kappa shape index (κ3) is 4.40. The Hall–Kier alpha value is -1.26. The molecule has 19 heavy (non-hydrogen) atoms. The lowest BCUT2D eigenvalue weighted by atomic mass is 10.0. The van der Waals surface area contributed by atoms with Gasteiger partial charge in [0.15, 0.2) is 0 Å². The largest absolute Gasteiger partial charge is 0.327 e. The van der Waals surface area contributed by atoms with E-state index in [4.69, 9.17) is 5.73 Å². The van der Waals surface area contributed by atoms with Gasteiger partial charge in [0.05, 0.1) is 0 Å². The molecule has 0 bridgehead atoms. The third-order valence-electron chi connectivity index (χ3n) is 3.02. The number of hydrogen-bond donors (Lipinski definition) is 1. The number of nitrogens with two attached hydrogens (primary N) is 1. The molecule has 1 aromatic heterocycles. The van der Waals surface area contributed by atoms with E-state index in [0.717, 1.165) is 22.9 Å². The summed E-state index contributed by atoms with van der Waals surface area (Å²) in [7, 11) is 0. The molecule has 0 amide bonds. The Morgan fingerprint density at radius 3 is 2.89 bits per heavy atom. The van der Waals surface area contributed by atoms with Gasteiger partial charge in [0.2, 0.25) is 0 Å². The lowest BCUT2D eigenvalue weighted by molar-refractivity contribution is 0.565. The van der Waals surface area contributed by atoms with Crippen molar-refractivity contribution in [1.82, 2.24) is 4.98 Å². The van der Waals surface area contributed by atoms with E-state index < -0.39 is 0 Å². The van der Waals surface area contributed by atoms with Gasteiger partial charge >= 0.3 is 0 Å². The molecule has 1 heterocycles. The standard InChI is InChI=1S/C15H16BrFN2/c16-13-4-6-15(17)12(8-13)9-14(18)5-3-11-2-1-7-19-10-11/h1-2,4,6-8,10,14H,3,5,9,18H2. The Morgan fingerprint density at radius 1 is 1.32 bits per heavy atom. The Balaban J connectivity index is 1.90. The molecule has 100 valence electrons. The molecule has 0 radical (unpaired) electrons. The SMILES string of the molecule is NC(CCc1cccnc1)Cc1cc(Br)ccc1F. The van der Waals surface area contributed by atoms with E-state index in [0.29, 0.717) is 12.0 Å². The third-order valence-corrected chi connectivity index (χ3v) is 3.51. The highest BCUT2D eigenvalue weighted by Gasteiger charge is 2.09. The summed E-state index contributed by atoms with van der Waals surface area (Å²) < 4.78 is 14.5. The zero-order valence-electron chi connectivity index (χ0n) is 10.5. The predicted octanol–water partition coefficient (Wildman–Crippen LogP) is 3.49. The molecule has 2 N–H and O–H groups in total. The summed E-state index contributed by atoms with van der Waals surface area (Å²) in [5, 5.41) is 0. The van der Waals surface area contributed by atoms with Crippen LogP contribution in [0.25, 0.3) is 0 Å². The fourth-order valence-electron chi connectivity index (χ4n) is 1.98. The van der Waals surface area contributed by atoms with E-state index in [1.54, 1.807) is 18.3 Å². The van der Waals surface area contributed by atoms with Crippen molar-refractivity contribution in [2.45, 2.75) is 25.3 Å². The maximum Gasteiger partial charge on any atom is 0.126 e.